The van der Waals surface area contributed by atoms with Gasteiger partial charge in [-0.3, -0.25) is 4.79 Å². The first kappa shape index (κ1) is 24.7. The zero-order valence-corrected chi connectivity index (χ0v) is 21.0. The van der Waals surface area contributed by atoms with Crippen LogP contribution in [0, 0.1) is 0 Å². The molecule has 3 aromatic rings. The largest absolute Gasteiger partial charge is 0.348 e. The first-order valence-corrected chi connectivity index (χ1v) is 12.7. The Labute approximate surface area is 206 Å². The molecule has 0 spiro atoms. The molecule has 0 radical (unpaired) electrons. The second kappa shape index (κ2) is 10.8. The van der Waals surface area contributed by atoms with Gasteiger partial charge in [0.1, 0.15) is 0 Å². The van der Waals surface area contributed by atoms with Crippen LogP contribution < -0.4 is 5.32 Å². The monoisotopic (exact) mass is 554 g/mol. The Morgan fingerprint density at radius 2 is 1.75 bits per heavy atom. The summed E-state index contributed by atoms with van der Waals surface area (Å²) in [5, 5.41) is 3.64. The fourth-order valence-electron chi connectivity index (χ4n) is 3.11. The van der Waals surface area contributed by atoms with Gasteiger partial charge in [0.15, 0.2) is 0 Å². The van der Waals surface area contributed by atoms with E-state index >= 15 is 0 Å². The van der Waals surface area contributed by atoms with Gasteiger partial charge in [-0.25, -0.2) is 8.42 Å². The topological polar surface area (TPSA) is 66.5 Å². The number of sulfonamides is 1. The number of benzene rings is 3. The maximum atomic E-state index is 13.3. The van der Waals surface area contributed by atoms with Gasteiger partial charge in [-0.05, 0) is 54.4 Å². The molecule has 0 unspecified atom stereocenters. The third kappa shape index (κ3) is 6.33. The molecule has 3 rings (SSSR count). The number of amides is 1. The maximum absolute atomic E-state index is 13.3. The molecule has 0 aliphatic rings. The summed E-state index contributed by atoms with van der Waals surface area (Å²) in [5.41, 5.74) is 1.44. The molecule has 0 fully saturated rings. The first-order valence-electron chi connectivity index (χ1n) is 9.71. The van der Waals surface area contributed by atoms with E-state index in [-0.39, 0.29) is 24.0 Å². The molecular formula is C23H21BrCl2N2O3S. The van der Waals surface area contributed by atoms with Crippen LogP contribution in [0.4, 0.5) is 0 Å². The summed E-state index contributed by atoms with van der Waals surface area (Å²) in [6, 6.07) is 20.1. The number of hydrogen-bond donors (Lipinski definition) is 1. The quantitative estimate of drug-likeness (QED) is 0.380. The van der Waals surface area contributed by atoms with Crippen molar-refractivity contribution in [3.05, 3.63) is 98.4 Å². The molecule has 1 amide bonds. The molecule has 0 bridgehead atoms. The first-order chi connectivity index (χ1) is 15.2. The average Bonchev–Trinajstić information content (AvgIpc) is 2.75. The molecule has 0 aromatic heterocycles. The van der Waals surface area contributed by atoms with Gasteiger partial charge in [-0.2, -0.15) is 4.31 Å². The molecule has 0 saturated carbocycles. The van der Waals surface area contributed by atoms with Gasteiger partial charge in [0.05, 0.1) is 17.5 Å². The molecule has 0 saturated heterocycles. The van der Waals surface area contributed by atoms with Crippen molar-refractivity contribution in [3.8, 4) is 0 Å². The van der Waals surface area contributed by atoms with E-state index in [4.69, 9.17) is 23.2 Å². The molecule has 1 N–H and O–H groups in total. The lowest BCUT2D eigenvalue weighted by atomic mass is 10.1. The van der Waals surface area contributed by atoms with Crippen molar-refractivity contribution in [1.29, 1.82) is 0 Å². The van der Waals surface area contributed by atoms with Crippen LogP contribution in [-0.2, 0) is 21.4 Å². The summed E-state index contributed by atoms with van der Waals surface area (Å²) in [7, 11) is -3.95. The highest BCUT2D eigenvalue weighted by molar-refractivity contribution is 9.10. The highest BCUT2D eigenvalue weighted by atomic mass is 79.9. The van der Waals surface area contributed by atoms with Crippen molar-refractivity contribution < 1.29 is 13.2 Å². The maximum Gasteiger partial charge on any atom is 0.243 e. The van der Waals surface area contributed by atoms with Gasteiger partial charge in [0.25, 0.3) is 0 Å². The van der Waals surface area contributed by atoms with E-state index in [1.807, 2.05) is 31.2 Å². The van der Waals surface area contributed by atoms with Crippen molar-refractivity contribution in [1.82, 2.24) is 9.62 Å². The molecule has 0 heterocycles. The molecule has 0 aliphatic heterocycles. The normalized spacial score (nSPS) is 12.5. The smallest absolute Gasteiger partial charge is 0.243 e. The molecule has 1 atom stereocenters. The van der Waals surface area contributed by atoms with Crippen LogP contribution in [0.1, 0.15) is 24.1 Å². The number of halogens is 3. The van der Waals surface area contributed by atoms with Crippen LogP contribution in [0.25, 0.3) is 0 Å². The third-order valence-corrected chi connectivity index (χ3v) is 7.68. The van der Waals surface area contributed by atoms with Gasteiger partial charge in [-0.15, -0.1) is 0 Å². The van der Waals surface area contributed by atoms with Crippen molar-refractivity contribution in [2.45, 2.75) is 24.4 Å². The van der Waals surface area contributed by atoms with Gasteiger partial charge in [-0.1, -0.05) is 75.5 Å². The van der Waals surface area contributed by atoms with Crippen LogP contribution in [0.5, 0.6) is 0 Å². The van der Waals surface area contributed by atoms with Gasteiger partial charge >= 0.3 is 0 Å². The minimum atomic E-state index is -3.95. The predicted molar refractivity (Wildman–Crippen MR) is 131 cm³/mol. The van der Waals surface area contributed by atoms with E-state index in [0.29, 0.717) is 15.6 Å². The zero-order chi connectivity index (χ0) is 23.3. The Morgan fingerprint density at radius 3 is 2.41 bits per heavy atom. The van der Waals surface area contributed by atoms with E-state index in [2.05, 4.69) is 21.2 Å². The van der Waals surface area contributed by atoms with Crippen molar-refractivity contribution in [2.75, 3.05) is 6.54 Å². The second-order valence-electron chi connectivity index (χ2n) is 7.17. The molecule has 3 aromatic carbocycles. The van der Waals surface area contributed by atoms with Crippen LogP contribution in [-0.4, -0.2) is 25.2 Å². The van der Waals surface area contributed by atoms with Crippen molar-refractivity contribution >= 4 is 55.1 Å². The Kier molecular flexibility index (Phi) is 8.36. The van der Waals surface area contributed by atoms with Crippen LogP contribution in [0.2, 0.25) is 10.0 Å². The van der Waals surface area contributed by atoms with Crippen molar-refractivity contribution in [2.24, 2.45) is 0 Å². The Morgan fingerprint density at radius 1 is 1.03 bits per heavy atom. The summed E-state index contributed by atoms with van der Waals surface area (Å²) >= 11 is 15.7. The number of rotatable bonds is 8. The van der Waals surface area contributed by atoms with Gasteiger partial charge < -0.3 is 5.32 Å². The minimum absolute atomic E-state index is 0.0775. The number of carbonyl (C=O) groups excluding carboxylic acids is 1. The van der Waals surface area contributed by atoms with E-state index < -0.39 is 15.9 Å². The number of nitrogens with one attached hydrogen (secondary N) is 1. The lowest BCUT2D eigenvalue weighted by Gasteiger charge is -2.24. The fourth-order valence-corrected chi connectivity index (χ4v) is 5.39. The van der Waals surface area contributed by atoms with Gasteiger partial charge in [0.2, 0.25) is 15.9 Å². The van der Waals surface area contributed by atoms with E-state index in [0.717, 1.165) is 14.3 Å². The Hall–Kier alpha value is -1.90. The average molecular weight is 556 g/mol. The summed E-state index contributed by atoms with van der Waals surface area (Å²) in [6.45, 7) is 1.40. The van der Waals surface area contributed by atoms with Crippen LogP contribution in [0.3, 0.4) is 0 Å². The standard InChI is InChI=1S/C23H21BrCl2N2O3S/c1-16(17-6-5-7-19(24)12-17)27-23(29)15-28(14-18-10-11-20(25)13-22(18)26)32(30,31)21-8-3-2-4-9-21/h2-13,16H,14-15H2,1H3,(H,27,29)/t16-/m1/s1. The van der Waals surface area contributed by atoms with Crippen molar-refractivity contribution in [3.63, 3.8) is 0 Å². The van der Waals surface area contributed by atoms with Crippen LogP contribution >= 0.6 is 39.1 Å². The Bertz CT molecular complexity index is 1210. The second-order valence-corrected chi connectivity index (χ2v) is 10.9. The van der Waals surface area contributed by atoms with E-state index in [1.54, 1.807) is 36.4 Å². The van der Waals surface area contributed by atoms with E-state index in [9.17, 15) is 13.2 Å². The summed E-state index contributed by atoms with van der Waals surface area (Å²) in [4.78, 5) is 12.9. The highest BCUT2D eigenvalue weighted by Crippen LogP contribution is 2.25. The predicted octanol–water partition coefficient (Wildman–Crippen LogP) is 5.82. The minimum Gasteiger partial charge on any atom is -0.348 e. The van der Waals surface area contributed by atoms with E-state index in [1.165, 1.54) is 12.1 Å². The summed E-state index contributed by atoms with van der Waals surface area (Å²) in [5.74, 6) is -0.429. The van der Waals surface area contributed by atoms with Gasteiger partial charge in [0, 0.05) is 21.1 Å². The van der Waals surface area contributed by atoms with Crippen LogP contribution in [0.15, 0.2) is 82.2 Å². The molecule has 168 valence electrons. The molecule has 5 nitrogen and oxygen atoms in total. The summed E-state index contributed by atoms with van der Waals surface area (Å²) < 4.78 is 28.6. The number of hydrogen-bond acceptors (Lipinski definition) is 3. The zero-order valence-electron chi connectivity index (χ0n) is 17.1. The lowest BCUT2D eigenvalue weighted by molar-refractivity contribution is -0.122. The third-order valence-electron chi connectivity index (χ3n) is 4.79. The Balaban J connectivity index is 1.85. The fraction of sp³-hybridized carbons (Fsp3) is 0.174. The molecule has 9 heteroatoms. The lowest BCUT2D eigenvalue weighted by Crippen LogP contribution is -2.41. The molecular weight excluding hydrogens is 535 g/mol. The molecule has 0 aliphatic carbocycles. The number of carbonyl (C=O) groups is 1. The SMILES string of the molecule is C[C@@H](NC(=O)CN(Cc1ccc(Cl)cc1Cl)S(=O)(=O)c1ccccc1)c1cccc(Br)c1. The number of nitrogens with zero attached hydrogens (tertiary/aromatic N) is 1. The summed E-state index contributed by atoms with van der Waals surface area (Å²) in [6.07, 6.45) is 0. The highest BCUT2D eigenvalue weighted by Gasteiger charge is 2.28. The molecule has 32 heavy (non-hydrogen) atoms.